The lowest BCUT2D eigenvalue weighted by Gasteiger charge is -2.29. The molecule has 2 N–H and O–H groups in total. The lowest BCUT2D eigenvalue weighted by atomic mass is 10.1. The minimum atomic E-state index is -0.291. The Morgan fingerprint density at radius 1 is 1.53 bits per heavy atom. The zero-order valence-corrected chi connectivity index (χ0v) is 12.0. The van der Waals surface area contributed by atoms with Crippen LogP contribution in [0.5, 0.6) is 5.75 Å². The van der Waals surface area contributed by atoms with Gasteiger partial charge in [-0.2, -0.15) is 5.10 Å². The Morgan fingerprint density at radius 3 is 3.05 bits per heavy atom. The molecule has 3 rings (SSSR count). The lowest BCUT2D eigenvalue weighted by Crippen LogP contribution is -2.36. The second-order valence-electron chi connectivity index (χ2n) is 4.44. The largest absolute Gasteiger partial charge is 0.486 e. The molecule has 0 aliphatic carbocycles. The zero-order chi connectivity index (χ0) is 13.4. The van der Waals surface area contributed by atoms with Crippen LogP contribution in [-0.4, -0.2) is 21.6 Å². The van der Waals surface area contributed by atoms with Crippen LogP contribution in [0.25, 0.3) is 0 Å². The summed E-state index contributed by atoms with van der Waals surface area (Å²) in [5.41, 5.74) is 7.10. The molecular formula is C13H14ClN3OS. The van der Waals surface area contributed by atoms with E-state index in [-0.39, 0.29) is 12.1 Å². The van der Waals surface area contributed by atoms with Gasteiger partial charge >= 0.3 is 0 Å². The van der Waals surface area contributed by atoms with Crippen LogP contribution in [0.1, 0.15) is 11.7 Å². The van der Waals surface area contributed by atoms with Gasteiger partial charge in [0.15, 0.2) is 0 Å². The van der Waals surface area contributed by atoms with Gasteiger partial charge in [0.25, 0.3) is 0 Å². The number of rotatable bonds is 2. The summed E-state index contributed by atoms with van der Waals surface area (Å²) in [4.78, 5) is 1.15. The summed E-state index contributed by atoms with van der Waals surface area (Å²) in [6.45, 7) is 0. The summed E-state index contributed by atoms with van der Waals surface area (Å²) in [6.07, 6.45) is 1.51. The van der Waals surface area contributed by atoms with E-state index in [0.717, 1.165) is 22.1 Å². The molecule has 100 valence electrons. The number of halogens is 1. The smallest absolute Gasteiger partial charge is 0.133 e. The first-order valence-electron chi connectivity index (χ1n) is 5.98. The third-order valence-corrected chi connectivity index (χ3v) is 4.62. The van der Waals surface area contributed by atoms with Gasteiger partial charge in [-0.3, -0.25) is 4.68 Å². The molecule has 0 fully saturated rings. The van der Waals surface area contributed by atoms with Gasteiger partial charge in [0.05, 0.1) is 23.0 Å². The summed E-state index contributed by atoms with van der Waals surface area (Å²) in [5.74, 6) is 1.69. The molecule has 0 saturated heterocycles. The fourth-order valence-electron chi connectivity index (χ4n) is 2.18. The number of thioether (sulfide) groups is 1. The normalized spacial score (nSPS) is 19.6. The van der Waals surface area contributed by atoms with Crippen molar-refractivity contribution in [2.45, 2.75) is 17.0 Å². The zero-order valence-electron chi connectivity index (χ0n) is 10.4. The van der Waals surface area contributed by atoms with E-state index >= 15 is 0 Å². The van der Waals surface area contributed by atoms with E-state index in [1.807, 2.05) is 25.2 Å². The molecule has 1 aromatic carbocycles. The number of hydrogen-bond acceptors (Lipinski definition) is 4. The summed E-state index contributed by atoms with van der Waals surface area (Å²) < 4.78 is 7.69. The molecule has 0 bridgehead atoms. The van der Waals surface area contributed by atoms with E-state index in [2.05, 4.69) is 11.2 Å². The first kappa shape index (κ1) is 12.8. The molecule has 4 nitrogen and oxygen atoms in total. The molecule has 0 saturated carbocycles. The van der Waals surface area contributed by atoms with Crippen LogP contribution in [-0.2, 0) is 7.05 Å². The van der Waals surface area contributed by atoms with Crippen LogP contribution in [0.4, 0.5) is 0 Å². The first-order chi connectivity index (χ1) is 9.16. The molecule has 2 atom stereocenters. The Labute approximate surface area is 120 Å². The summed E-state index contributed by atoms with van der Waals surface area (Å²) in [6, 6.07) is 7.70. The minimum Gasteiger partial charge on any atom is -0.486 e. The van der Waals surface area contributed by atoms with Gasteiger partial charge in [0.2, 0.25) is 0 Å². The monoisotopic (exact) mass is 295 g/mol. The van der Waals surface area contributed by atoms with Crippen molar-refractivity contribution in [3.05, 3.63) is 41.2 Å². The third-order valence-electron chi connectivity index (χ3n) is 3.18. The highest BCUT2D eigenvalue weighted by Gasteiger charge is 2.30. The van der Waals surface area contributed by atoms with Crippen molar-refractivity contribution >= 4 is 23.4 Å². The molecule has 0 radical (unpaired) electrons. The molecule has 0 amide bonds. The van der Waals surface area contributed by atoms with E-state index in [0.29, 0.717) is 5.02 Å². The van der Waals surface area contributed by atoms with Crippen LogP contribution in [0.3, 0.4) is 0 Å². The lowest BCUT2D eigenvalue weighted by molar-refractivity contribution is 0.182. The molecule has 6 heteroatoms. The fraction of sp³-hybridized carbons (Fsp3) is 0.308. The Balaban J connectivity index is 1.85. The van der Waals surface area contributed by atoms with E-state index < -0.39 is 0 Å². The van der Waals surface area contributed by atoms with Crippen LogP contribution in [0.2, 0.25) is 5.02 Å². The Kier molecular flexibility index (Phi) is 3.43. The minimum absolute atomic E-state index is 0.104. The van der Waals surface area contributed by atoms with Gasteiger partial charge in [-0.15, -0.1) is 11.8 Å². The van der Waals surface area contributed by atoms with Gasteiger partial charge < -0.3 is 10.5 Å². The molecule has 1 aromatic heterocycles. The van der Waals surface area contributed by atoms with Gasteiger partial charge in [-0.05, 0) is 12.1 Å². The molecule has 0 spiro atoms. The van der Waals surface area contributed by atoms with Crippen molar-refractivity contribution in [1.82, 2.24) is 9.78 Å². The number of benzene rings is 1. The standard InChI is InChI=1S/C13H14ClN3OS/c1-17-13(8(14)6-16-17)12(15)10-7-19-11-5-3-2-4-9(11)18-10/h2-6,10,12H,7,15H2,1H3. The van der Waals surface area contributed by atoms with E-state index in [1.165, 1.54) is 0 Å². The quantitative estimate of drug-likeness (QED) is 0.925. The predicted molar refractivity (Wildman–Crippen MR) is 76.7 cm³/mol. The van der Waals surface area contributed by atoms with Crippen LogP contribution in [0, 0.1) is 0 Å². The Bertz CT molecular complexity index is 582. The van der Waals surface area contributed by atoms with Crippen LogP contribution in [0.15, 0.2) is 35.4 Å². The van der Waals surface area contributed by atoms with Crippen molar-refractivity contribution in [2.75, 3.05) is 5.75 Å². The molecule has 2 heterocycles. The first-order valence-corrected chi connectivity index (χ1v) is 7.34. The molecular weight excluding hydrogens is 282 g/mol. The maximum Gasteiger partial charge on any atom is 0.133 e. The van der Waals surface area contributed by atoms with Crippen molar-refractivity contribution in [3.8, 4) is 5.75 Å². The average molecular weight is 296 g/mol. The number of aromatic nitrogens is 2. The second-order valence-corrected chi connectivity index (χ2v) is 5.91. The van der Waals surface area contributed by atoms with E-state index in [9.17, 15) is 0 Å². The number of fused-ring (bicyclic) bond motifs is 1. The highest BCUT2D eigenvalue weighted by atomic mass is 35.5. The highest BCUT2D eigenvalue weighted by Crippen LogP contribution is 2.38. The number of hydrogen-bond donors (Lipinski definition) is 1. The summed E-state index contributed by atoms with van der Waals surface area (Å²) >= 11 is 7.89. The maximum absolute atomic E-state index is 6.29. The predicted octanol–water partition coefficient (Wildman–Crippen LogP) is 2.63. The molecule has 1 aliphatic heterocycles. The summed E-state index contributed by atoms with van der Waals surface area (Å²) in [5, 5.41) is 4.70. The molecule has 2 unspecified atom stereocenters. The number of aryl methyl sites for hydroxylation is 1. The van der Waals surface area contributed by atoms with E-state index in [1.54, 1.807) is 22.6 Å². The number of nitrogens with zero attached hydrogens (tertiary/aromatic N) is 2. The maximum atomic E-state index is 6.29. The number of nitrogens with two attached hydrogens (primary N) is 1. The SMILES string of the molecule is Cn1ncc(Cl)c1C(N)C1CSc2ccccc2O1. The van der Waals surface area contributed by atoms with Crippen molar-refractivity contribution < 1.29 is 4.74 Å². The second kappa shape index (κ2) is 5.07. The Hall–Kier alpha value is -1.17. The molecule has 2 aromatic rings. The number of ether oxygens (including phenoxy) is 1. The highest BCUT2D eigenvalue weighted by molar-refractivity contribution is 7.99. The van der Waals surface area contributed by atoms with Crippen LogP contribution < -0.4 is 10.5 Å². The number of para-hydroxylation sites is 1. The topological polar surface area (TPSA) is 53.1 Å². The van der Waals surface area contributed by atoms with Crippen LogP contribution >= 0.6 is 23.4 Å². The van der Waals surface area contributed by atoms with Gasteiger partial charge in [-0.1, -0.05) is 23.7 Å². The molecule has 19 heavy (non-hydrogen) atoms. The fourth-order valence-corrected chi connectivity index (χ4v) is 3.53. The Morgan fingerprint density at radius 2 is 2.32 bits per heavy atom. The van der Waals surface area contributed by atoms with Gasteiger partial charge in [0, 0.05) is 17.7 Å². The third kappa shape index (κ3) is 2.33. The van der Waals surface area contributed by atoms with Crippen molar-refractivity contribution in [2.24, 2.45) is 12.8 Å². The van der Waals surface area contributed by atoms with Crippen molar-refractivity contribution in [1.29, 1.82) is 0 Å². The van der Waals surface area contributed by atoms with Gasteiger partial charge in [-0.25, -0.2) is 0 Å². The molecule has 1 aliphatic rings. The average Bonchev–Trinajstić information content (AvgIpc) is 2.77. The van der Waals surface area contributed by atoms with E-state index in [4.69, 9.17) is 22.1 Å². The summed E-state index contributed by atoms with van der Waals surface area (Å²) in [7, 11) is 1.84. The van der Waals surface area contributed by atoms with Gasteiger partial charge in [0.1, 0.15) is 11.9 Å². The van der Waals surface area contributed by atoms with Crippen molar-refractivity contribution in [3.63, 3.8) is 0 Å².